The van der Waals surface area contributed by atoms with E-state index in [9.17, 15) is 0 Å². The molecule has 0 radical (unpaired) electrons. The smallest absolute Gasteiger partial charge is 0.193 e. The van der Waals surface area contributed by atoms with Crippen molar-refractivity contribution in [3.63, 3.8) is 0 Å². The van der Waals surface area contributed by atoms with E-state index >= 15 is 0 Å². The molecule has 0 amide bonds. The summed E-state index contributed by atoms with van der Waals surface area (Å²) in [6.45, 7) is 1.91. The summed E-state index contributed by atoms with van der Waals surface area (Å²) in [6, 6.07) is 5.43. The van der Waals surface area contributed by atoms with Gasteiger partial charge in [0.05, 0.1) is 12.1 Å². The molecule has 0 saturated carbocycles. The van der Waals surface area contributed by atoms with Gasteiger partial charge in [0.1, 0.15) is 5.75 Å². The van der Waals surface area contributed by atoms with E-state index < -0.39 is 0 Å². The number of halogens is 2. The molecule has 7 heteroatoms. The van der Waals surface area contributed by atoms with Crippen molar-refractivity contribution >= 4 is 47.2 Å². The van der Waals surface area contributed by atoms with Crippen molar-refractivity contribution in [1.29, 1.82) is 0 Å². The van der Waals surface area contributed by atoms with Crippen LogP contribution in [0.3, 0.4) is 0 Å². The van der Waals surface area contributed by atoms with Crippen LogP contribution in [-0.2, 0) is 0 Å². The molecule has 0 atom stereocenters. The molecule has 0 aliphatic carbocycles. The van der Waals surface area contributed by atoms with Crippen LogP contribution in [0.2, 0.25) is 5.02 Å². The van der Waals surface area contributed by atoms with Gasteiger partial charge in [-0.1, -0.05) is 30.9 Å². The number of unbranched alkanes of at least 4 members (excludes halogenated alkanes) is 4. The molecule has 0 aliphatic heterocycles. The Morgan fingerprint density at radius 3 is 2.50 bits per heavy atom. The lowest BCUT2D eigenvalue weighted by atomic mass is 10.1. The third-order valence-corrected chi connectivity index (χ3v) is 3.77. The van der Waals surface area contributed by atoms with Crippen LogP contribution in [0, 0.1) is 0 Å². The number of rotatable bonds is 10. The first kappa shape index (κ1) is 23.3. The van der Waals surface area contributed by atoms with Gasteiger partial charge in [-0.25, -0.2) is 0 Å². The van der Waals surface area contributed by atoms with E-state index in [0.29, 0.717) is 16.7 Å². The Morgan fingerprint density at radius 1 is 1.21 bits per heavy atom. The predicted molar refractivity (Wildman–Crippen MR) is 115 cm³/mol. The van der Waals surface area contributed by atoms with Gasteiger partial charge >= 0.3 is 0 Å². The monoisotopic (exact) mass is 468 g/mol. The quantitative estimate of drug-likeness (QED) is 0.234. The Morgan fingerprint density at radius 2 is 1.88 bits per heavy atom. The molecule has 0 bridgehead atoms. The van der Waals surface area contributed by atoms with Gasteiger partial charge in [0.25, 0.3) is 0 Å². The van der Waals surface area contributed by atoms with Crippen molar-refractivity contribution in [3.05, 3.63) is 23.2 Å². The molecule has 1 rings (SSSR count). The molecule has 0 aromatic heterocycles. The number of nitrogens with two attached hydrogens (primary N) is 1. The fourth-order valence-electron chi connectivity index (χ4n) is 2.20. The molecule has 138 valence electrons. The highest BCUT2D eigenvalue weighted by molar-refractivity contribution is 14.0. The van der Waals surface area contributed by atoms with Crippen molar-refractivity contribution in [2.24, 2.45) is 10.7 Å². The molecule has 0 spiro atoms. The zero-order chi connectivity index (χ0) is 17.1. The number of nitrogens with one attached hydrogen (secondary N) is 1. The van der Waals surface area contributed by atoms with E-state index in [2.05, 4.69) is 29.3 Å². The Labute approximate surface area is 168 Å². The summed E-state index contributed by atoms with van der Waals surface area (Å²) in [5.74, 6) is 1.06. The summed E-state index contributed by atoms with van der Waals surface area (Å²) < 4.78 is 5.11. The Bertz CT molecular complexity index is 497. The molecular formula is C17H30ClIN4O. The number of nitrogens with zero attached hydrogens (tertiary/aromatic N) is 2. The highest BCUT2D eigenvalue weighted by Crippen LogP contribution is 2.26. The zero-order valence-electron chi connectivity index (χ0n) is 14.8. The highest BCUT2D eigenvalue weighted by Gasteiger charge is 2.02. The zero-order valence-corrected chi connectivity index (χ0v) is 17.9. The van der Waals surface area contributed by atoms with Gasteiger partial charge in [0, 0.05) is 12.2 Å². The minimum atomic E-state index is 0. The van der Waals surface area contributed by atoms with E-state index in [1.54, 1.807) is 19.2 Å². The third-order valence-electron chi connectivity index (χ3n) is 3.47. The number of anilines is 1. The Hall–Kier alpha value is -0.730. The summed E-state index contributed by atoms with van der Waals surface area (Å²) in [5.41, 5.74) is 6.69. The molecule has 24 heavy (non-hydrogen) atoms. The molecular weight excluding hydrogens is 439 g/mol. The van der Waals surface area contributed by atoms with E-state index in [1.165, 1.54) is 32.2 Å². The first-order valence-electron chi connectivity index (χ1n) is 8.08. The van der Waals surface area contributed by atoms with Gasteiger partial charge in [-0.2, -0.15) is 0 Å². The minimum absolute atomic E-state index is 0. The minimum Gasteiger partial charge on any atom is -0.495 e. The standard InChI is InChI=1S/C17H29ClN4O.HI/c1-22(2)12-8-6-4-5-7-11-20-17(19)21-14-9-10-16(23-3)15(18)13-14;/h9-10,13H,4-8,11-12H2,1-3H3,(H3,19,20,21);1H. The number of aliphatic imine (C=N–C) groups is 1. The van der Waals surface area contributed by atoms with Crippen molar-refractivity contribution in [2.75, 3.05) is 39.6 Å². The lowest BCUT2D eigenvalue weighted by molar-refractivity contribution is 0.390. The van der Waals surface area contributed by atoms with Gasteiger partial charge in [0.15, 0.2) is 5.96 Å². The molecule has 0 heterocycles. The summed E-state index contributed by atoms with van der Waals surface area (Å²) in [4.78, 5) is 6.56. The van der Waals surface area contributed by atoms with Crippen molar-refractivity contribution in [3.8, 4) is 5.75 Å². The summed E-state index contributed by atoms with van der Waals surface area (Å²) in [6.07, 6.45) is 6.05. The van der Waals surface area contributed by atoms with Crippen LogP contribution < -0.4 is 15.8 Å². The van der Waals surface area contributed by atoms with Crippen LogP contribution in [0.4, 0.5) is 5.69 Å². The maximum atomic E-state index is 6.07. The number of benzene rings is 1. The first-order valence-corrected chi connectivity index (χ1v) is 8.46. The number of guanidine groups is 1. The van der Waals surface area contributed by atoms with Crippen LogP contribution in [0.1, 0.15) is 32.1 Å². The largest absolute Gasteiger partial charge is 0.495 e. The van der Waals surface area contributed by atoms with Crippen molar-refractivity contribution in [2.45, 2.75) is 32.1 Å². The van der Waals surface area contributed by atoms with Crippen molar-refractivity contribution < 1.29 is 4.74 Å². The molecule has 0 unspecified atom stereocenters. The molecule has 5 nitrogen and oxygen atoms in total. The SMILES string of the molecule is COc1ccc(NC(N)=NCCCCCCCN(C)C)cc1Cl.I. The molecule has 1 aromatic rings. The molecule has 0 fully saturated rings. The number of ether oxygens (including phenoxy) is 1. The molecule has 1 aromatic carbocycles. The number of hydrogen-bond donors (Lipinski definition) is 2. The van der Waals surface area contributed by atoms with Crippen LogP contribution in [0.25, 0.3) is 0 Å². The fraction of sp³-hybridized carbons (Fsp3) is 0.588. The number of methoxy groups -OCH3 is 1. The van der Waals surface area contributed by atoms with Crippen LogP contribution in [0.5, 0.6) is 5.75 Å². The van der Waals surface area contributed by atoms with E-state index in [-0.39, 0.29) is 24.0 Å². The van der Waals surface area contributed by atoms with Gasteiger partial charge in [-0.05, 0) is 51.7 Å². The lowest BCUT2D eigenvalue weighted by Gasteiger charge is -2.09. The highest BCUT2D eigenvalue weighted by atomic mass is 127. The molecule has 0 aliphatic rings. The molecule has 3 N–H and O–H groups in total. The first-order chi connectivity index (χ1) is 11.0. The Balaban J connectivity index is 0.00000529. The third kappa shape index (κ3) is 10.2. The maximum Gasteiger partial charge on any atom is 0.193 e. The van der Waals surface area contributed by atoms with E-state index in [4.69, 9.17) is 22.1 Å². The van der Waals surface area contributed by atoms with Gasteiger partial charge < -0.3 is 20.7 Å². The lowest BCUT2D eigenvalue weighted by Crippen LogP contribution is -2.22. The average Bonchev–Trinajstić information content (AvgIpc) is 2.50. The molecule has 0 saturated heterocycles. The summed E-state index contributed by atoms with van der Waals surface area (Å²) in [7, 11) is 5.81. The van der Waals surface area contributed by atoms with Gasteiger partial charge in [-0.3, -0.25) is 4.99 Å². The van der Waals surface area contributed by atoms with Crippen LogP contribution >= 0.6 is 35.6 Å². The average molecular weight is 469 g/mol. The van der Waals surface area contributed by atoms with E-state index in [0.717, 1.165) is 18.7 Å². The summed E-state index contributed by atoms with van der Waals surface area (Å²) >= 11 is 6.07. The Kier molecular flexibility index (Phi) is 13.1. The predicted octanol–water partition coefficient (Wildman–Crippen LogP) is 4.21. The normalized spacial score (nSPS) is 11.3. The second kappa shape index (κ2) is 13.5. The van der Waals surface area contributed by atoms with Gasteiger partial charge in [-0.15, -0.1) is 24.0 Å². The van der Waals surface area contributed by atoms with Crippen molar-refractivity contribution in [1.82, 2.24) is 4.90 Å². The topological polar surface area (TPSA) is 62.9 Å². The second-order valence-electron chi connectivity index (χ2n) is 5.81. The van der Waals surface area contributed by atoms with E-state index in [1.807, 2.05) is 6.07 Å². The second-order valence-corrected chi connectivity index (χ2v) is 6.22. The number of hydrogen-bond acceptors (Lipinski definition) is 3. The van der Waals surface area contributed by atoms with Gasteiger partial charge in [0.2, 0.25) is 0 Å². The fourth-order valence-corrected chi connectivity index (χ4v) is 2.46. The van der Waals surface area contributed by atoms with Crippen LogP contribution in [0.15, 0.2) is 23.2 Å². The van der Waals surface area contributed by atoms with Crippen LogP contribution in [-0.4, -0.2) is 45.2 Å². The maximum absolute atomic E-state index is 6.07. The summed E-state index contributed by atoms with van der Waals surface area (Å²) in [5, 5.41) is 3.58.